The molecule has 0 radical (unpaired) electrons. The topological polar surface area (TPSA) is 49.8 Å². The Hall–Kier alpha value is -3.99. The Morgan fingerprint density at radius 1 is 0.875 bits per heavy atom. The molecule has 32 heavy (non-hydrogen) atoms. The van der Waals surface area contributed by atoms with Crippen LogP contribution in [0.3, 0.4) is 0 Å². The van der Waals surface area contributed by atoms with E-state index in [0.717, 1.165) is 55.2 Å². The number of benzene rings is 4. The van der Waals surface area contributed by atoms with Crippen LogP contribution in [-0.2, 0) is 6.61 Å². The van der Waals surface area contributed by atoms with E-state index in [-0.39, 0.29) is 6.79 Å². The van der Waals surface area contributed by atoms with E-state index in [1.165, 1.54) is 0 Å². The molecule has 5 nitrogen and oxygen atoms in total. The van der Waals surface area contributed by atoms with Crippen LogP contribution in [0.5, 0.6) is 23.0 Å². The van der Waals surface area contributed by atoms with Crippen LogP contribution in [0.1, 0.15) is 11.3 Å². The second-order valence-electron chi connectivity index (χ2n) is 7.88. The van der Waals surface area contributed by atoms with Crippen molar-refractivity contribution in [2.24, 2.45) is 0 Å². The first-order valence-corrected chi connectivity index (χ1v) is 10.5. The summed E-state index contributed by atoms with van der Waals surface area (Å²) in [6, 6.07) is 22.4. The number of aromatic nitrogens is 1. The lowest BCUT2D eigenvalue weighted by Crippen LogP contribution is -2.00. The number of nitrogens with zero attached hydrogens (tertiary/aromatic N) is 1. The van der Waals surface area contributed by atoms with Gasteiger partial charge in [-0.25, -0.2) is 0 Å². The molecule has 1 aromatic heterocycles. The van der Waals surface area contributed by atoms with Crippen molar-refractivity contribution in [1.29, 1.82) is 0 Å². The van der Waals surface area contributed by atoms with E-state index in [1.807, 2.05) is 43.3 Å². The van der Waals surface area contributed by atoms with Crippen molar-refractivity contribution < 1.29 is 18.9 Å². The number of aryl methyl sites for hydroxylation is 1. The van der Waals surface area contributed by atoms with Crippen molar-refractivity contribution in [2.45, 2.75) is 13.5 Å². The minimum atomic E-state index is 0.251. The molecule has 5 aromatic rings. The van der Waals surface area contributed by atoms with Crippen LogP contribution in [0.4, 0.5) is 0 Å². The molecule has 0 aliphatic carbocycles. The molecule has 0 saturated heterocycles. The van der Waals surface area contributed by atoms with E-state index in [9.17, 15) is 0 Å². The lowest BCUT2D eigenvalue weighted by Gasteiger charge is -2.17. The summed E-state index contributed by atoms with van der Waals surface area (Å²) in [5.41, 5.74) is 2.92. The van der Waals surface area contributed by atoms with Crippen LogP contribution >= 0.6 is 0 Å². The molecule has 0 amide bonds. The SMILES string of the molecule is COc1ccc2c(c(C)nc3c4cc5c(cc4ccc23)OCO5)c1OCc1ccccc1. The second kappa shape index (κ2) is 7.31. The molecule has 2 heterocycles. The van der Waals surface area contributed by atoms with Gasteiger partial charge in [0.15, 0.2) is 23.0 Å². The fraction of sp³-hybridized carbons (Fsp3) is 0.148. The summed E-state index contributed by atoms with van der Waals surface area (Å²) >= 11 is 0. The Morgan fingerprint density at radius 2 is 1.66 bits per heavy atom. The van der Waals surface area contributed by atoms with Crippen molar-refractivity contribution in [3.8, 4) is 23.0 Å². The first-order chi connectivity index (χ1) is 15.7. The van der Waals surface area contributed by atoms with Crippen molar-refractivity contribution >= 4 is 32.4 Å². The highest BCUT2D eigenvalue weighted by Gasteiger charge is 2.19. The number of fused-ring (bicyclic) bond motifs is 6. The largest absolute Gasteiger partial charge is 0.493 e. The van der Waals surface area contributed by atoms with Crippen molar-refractivity contribution in [3.63, 3.8) is 0 Å². The molecule has 0 bridgehead atoms. The normalized spacial score (nSPS) is 12.6. The van der Waals surface area contributed by atoms with Gasteiger partial charge in [0, 0.05) is 21.9 Å². The molecular weight excluding hydrogens is 402 g/mol. The summed E-state index contributed by atoms with van der Waals surface area (Å²) in [5.74, 6) is 2.94. The summed E-state index contributed by atoms with van der Waals surface area (Å²) in [4.78, 5) is 5.02. The van der Waals surface area contributed by atoms with E-state index in [4.69, 9.17) is 23.9 Å². The zero-order valence-electron chi connectivity index (χ0n) is 17.8. The molecule has 1 aliphatic heterocycles. The lowest BCUT2D eigenvalue weighted by atomic mass is 9.99. The van der Waals surface area contributed by atoms with E-state index in [0.29, 0.717) is 18.1 Å². The number of rotatable bonds is 4. The number of hydrogen-bond donors (Lipinski definition) is 0. The molecule has 1 aliphatic rings. The van der Waals surface area contributed by atoms with Crippen LogP contribution in [0.15, 0.2) is 66.7 Å². The second-order valence-corrected chi connectivity index (χ2v) is 7.88. The Labute approximate surface area is 185 Å². The summed E-state index contributed by atoms with van der Waals surface area (Å²) in [6.45, 7) is 2.72. The lowest BCUT2D eigenvalue weighted by molar-refractivity contribution is 0.174. The first kappa shape index (κ1) is 18.8. The van der Waals surface area contributed by atoms with Gasteiger partial charge in [-0.05, 0) is 47.5 Å². The van der Waals surface area contributed by atoms with E-state index in [1.54, 1.807) is 7.11 Å². The highest BCUT2D eigenvalue weighted by molar-refractivity contribution is 6.17. The molecule has 158 valence electrons. The molecule has 5 heteroatoms. The van der Waals surface area contributed by atoms with Gasteiger partial charge < -0.3 is 18.9 Å². The molecular formula is C27H21NO4. The number of hydrogen-bond acceptors (Lipinski definition) is 5. The van der Waals surface area contributed by atoms with Crippen LogP contribution in [0.2, 0.25) is 0 Å². The number of methoxy groups -OCH3 is 1. The van der Waals surface area contributed by atoms with Crippen LogP contribution in [-0.4, -0.2) is 18.9 Å². The quantitative estimate of drug-likeness (QED) is 0.324. The number of pyridine rings is 1. The zero-order chi connectivity index (χ0) is 21.7. The van der Waals surface area contributed by atoms with Gasteiger partial charge in [0.1, 0.15) is 6.61 Å². The molecule has 0 fully saturated rings. The molecule has 0 atom stereocenters. The smallest absolute Gasteiger partial charge is 0.231 e. The van der Waals surface area contributed by atoms with E-state index in [2.05, 4.69) is 30.3 Å². The fourth-order valence-corrected chi connectivity index (χ4v) is 4.44. The Bertz CT molecular complexity index is 1490. The van der Waals surface area contributed by atoms with E-state index >= 15 is 0 Å². The third kappa shape index (κ3) is 2.89. The van der Waals surface area contributed by atoms with E-state index < -0.39 is 0 Å². The zero-order valence-corrected chi connectivity index (χ0v) is 17.8. The van der Waals surface area contributed by atoms with Crippen LogP contribution in [0.25, 0.3) is 32.4 Å². The van der Waals surface area contributed by atoms with Gasteiger partial charge in [-0.1, -0.05) is 42.5 Å². The first-order valence-electron chi connectivity index (χ1n) is 10.5. The number of ether oxygens (including phenoxy) is 4. The van der Waals surface area contributed by atoms with Gasteiger partial charge in [0.05, 0.1) is 12.6 Å². The van der Waals surface area contributed by atoms with Crippen LogP contribution in [0, 0.1) is 6.92 Å². The minimum absolute atomic E-state index is 0.251. The molecule has 4 aromatic carbocycles. The Kier molecular flexibility index (Phi) is 4.28. The molecule has 6 rings (SSSR count). The van der Waals surface area contributed by atoms with Crippen molar-refractivity contribution in [1.82, 2.24) is 4.98 Å². The van der Waals surface area contributed by atoms with Gasteiger partial charge in [-0.3, -0.25) is 4.98 Å². The predicted molar refractivity (Wildman–Crippen MR) is 125 cm³/mol. The monoisotopic (exact) mass is 423 g/mol. The van der Waals surface area contributed by atoms with Crippen molar-refractivity contribution in [2.75, 3.05) is 13.9 Å². The Balaban J connectivity index is 1.58. The summed E-state index contributed by atoms with van der Waals surface area (Å²) in [6.07, 6.45) is 0. The Morgan fingerprint density at radius 3 is 2.47 bits per heavy atom. The fourth-order valence-electron chi connectivity index (χ4n) is 4.44. The average molecular weight is 423 g/mol. The van der Waals surface area contributed by atoms with Gasteiger partial charge in [0.2, 0.25) is 6.79 Å². The van der Waals surface area contributed by atoms with Crippen molar-refractivity contribution in [3.05, 3.63) is 78.0 Å². The molecule has 0 saturated carbocycles. The summed E-state index contributed by atoms with van der Waals surface area (Å²) < 4.78 is 23.1. The van der Waals surface area contributed by atoms with Crippen LogP contribution < -0.4 is 18.9 Å². The highest BCUT2D eigenvalue weighted by atomic mass is 16.7. The van der Waals surface area contributed by atoms with Gasteiger partial charge in [0.25, 0.3) is 0 Å². The molecule has 0 spiro atoms. The summed E-state index contributed by atoms with van der Waals surface area (Å²) in [5, 5.41) is 5.22. The molecule has 0 unspecified atom stereocenters. The third-order valence-corrected chi connectivity index (χ3v) is 5.98. The van der Waals surface area contributed by atoms with Gasteiger partial charge >= 0.3 is 0 Å². The third-order valence-electron chi connectivity index (χ3n) is 5.98. The predicted octanol–water partition coefficient (Wildman–Crippen LogP) is 6.17. The highest BCUT2D eigenvalue weighted by Crippen LogP contribution is 2.43. The maximum Gasteiger partial charge on any atom is 0.231 e. The molecule has 0 N–H and O–H groups in total. The van der Waals surface area contributed by atoms with Gasteiger partial charge in [-0.15, -0.1) is 0 Å². The maximum absolute atomic E-state index is 6.30. The standard InChI is InChI=1S/C27H21NO4/c1-16-25-19(10-11-22(29-2)27(25)30-14-17-6-4-3-5-7-17)20-9-8-18-12-23-24(32-15-31-23)13-21(18)26(20)28-16/h3-13H,14-15H2,1-2H3. The minimum Gasteiger partial charge on any atom is -0.493 e. The van der Waals surface area contributed by atoms with Gasteiger partial charge in [-0.2, -0.15) is 0 Å². The maximum atomic E-state index is 6.30. The average Bonchev–Trinajstić information content (AvgIpc) is 3.29. The summed E-state index contributed by atoms with van der Waals surface area (Å²) in [7, 11) is 1.66.